The second-order valence-electron chi connectivity index (χ2n) is 6.56. The molecule has 0 amide bonds. The Morgan fingerprint density at radius 3 is 2.19 bits per heavy atom. The third kappa shape index (κ3) is 3.68. The Balaban J connectivity index is 1.81. The Kier molecular flexibility index (Phi) is 5.19. The Bertz CT molecular complexity index is 814. The third-order valence-corrected chi connectivity index (χ3v) is 4.99. The molecular weight excluding hydrogens is 330 g/mol. The fourth-order valence-electron chi connectivity index (χ4n) is 3.62. The molecule has 0 aliphatic carbocycles. The van der Waals surface area contributed by atoms with Crippen molar-refractivity contribution in [3.8, 4) is 11.1 Å². The summed E-state index contributed by atoms with van der Waals surface area (Å²) in [6.45, 7) is 4.55. The Labute approximate surface area is 152 Å². The average molecular weight is 351 g/mol. The fourth-order valence-corrected chi connectivity index (χ4v) is 3.62. The lowest BCUT2D eigenvalue weighted by Gasteiger charge is -2.22. The first-order valence-corrected chi connectivity index (χ1v) is 8.50. The van der Waals surface area contributed by atoms with Gasteiger partial charge in [-0.2, -0.15) is 0 Å². The predicted molar refractivity (Wildman–Crippen MR) is 99.6 cm³/mol. The number of carboxylic acid groups (broad SMARTS) is 2. The van der Waals surface area contributed by atoms with Crippen LogP contribution in [0.3, 0.4) is 0 Å². The van der Waals surface area contributed by atoms with Gasteiger partial charge in [-0.05, 0) is 22.3 Å². The fraction of sp³-hybridized carbons (Fsp3) is 0.238. The molecule has 3 N–H and O–H groups in total. The molecule has 1 aliphatic heterocycles. The molecule has 26 heavy (non-hydrogen) atoms. The van der Waals surface area contributed by atoms with Crippen molar-refractivity contribution in [1.82, 2.24) is 5.32 Å². The number of hydrogen-bond acceptors (Lipinski definition) is 3. The van der Waals surface area contributed by atoms with Gasteiger partial charge < -0.3 is 15.5 Å². The second kappa shape index (κ2) is 7.54. The molecule has 3 rings (SSSR count). The van der Waals surface area contributed by atoms with E-state index >= 15 is 0 Å². The lowest BCUT2D eigenvalue weighted by molar-refractivity contribution is -0.142. The topological polar surface area (TPSA) is 86.6 Å². The average Bonchev–Trinajstić information content (AvgIpc) is 3.05. The SMILES string of the molecule is C=C(c1ccc(-c2ccccc2)cc1)[C@@H]1CN[C@@H](C(=O)O)[C@@H]1CC(=O)O. The number of aliphatic carboxylic acids is 2. The Hall–Kier alpha value is -2.92. The van der Waals surface area contributed by atoms with Crippen molar-refractivity contribution >= 4 is 17.5 Å². The van der Waals surface area contributed by atoms with Gasteiger partial charge in [0.15, 0.2) is 0 Å². The lowest BCUT2D eigenvalue weighted by atomic mass is 9.80. The van der Waals surface area contributed by atoms with Crippen molar-refractivity contribution < 1.29 is 19.8 Å². The minimum atomic E-state index is -1.02. The highest BCUT2D eigenvalue weighted by Crippen LogP contribution is 2.36. The van der Waals surface area contributed by atoms with Gasteiger partial charge in [-0.3, -0.25) is 9.59 Å². The summed E-state index contributed by atoms with van der Waals surface area (Å²) in [5.74, 6) is -2.77. The summed E-state index contributed by atoms with van der Waals surface area (Å²) in [7, 11) is 0. The summed E-state index contributed by atoms with van der Waals surface area (Å²) >= 11 is 0. The maximum atomic E-state index is 11.4. The molecule has 5 heteroatoms. The Morgan fingerprint density at radius 2 is 1.62 bits per heavy atom. The minimum absolute atomic E-state index is 0.199. The zero-order valence-electron chi connectivity index (χ0n) is 14.3. The van der Waals surface area contributed by atoms with Gasteiger partial charge in [0.2, 0.25) is 0 Å². The highest BCUT2D eigenvalue weighted by molar-refractivity contribution is 5.79. The van der Waals surface area contributed by atoms with Gasteiger partial charge >= 0.3 is 11.9 Å². The van der Waals surface area contributed by atoms with Gasteiger partial charge in [0, 0.05) is 18.4 Å². The van der Waals surface area contributed by atoms with Crippen LogP contribution in [-0.4, -0.2) is 34.7 Å². The number of carboxylic acids is 2. The summed E-state index contributed by atoms with van der Waals surface area (Å²) in [6.07, 6.45) is -0.199. The second-order valence-corrected chi connectivity index (χ2v) is 6.56. The largest absolute Gasteiger partial charge is 0.481 e. The van der Waals surface area contributed by atoms with Crippen molar-refractivity contribution in [3.05, 3.63) is 66.7 Å². The number of nitrogens with one attached hydrogen (secondary N) is 1. The molecule has 0 aromatic heterocycles. The van der Waals surface area contributed by atoms with Gasteiger partial charge in [-0.15, -0.1) is 0 Å². The van der Waals surface area contributed by atoms with E-state index in [1.165, 1.54) is 0 Å². The van der Waals surface area contributed by atoms with E-state index in [0.29, 0.717) is 6.54 Å². The van der Waals surface area contributed by atoms with E-state index in [4.69, 9.17) is 5.11 Å². The van der Waals surface area contributed by atoms with Crippen molar-refractivity contribution in [2.75, 3.05) is 6.54 Å². The molecule has 2 aromatic carbocycles. The van der Waals surface area contributed by atoms with E-state index in [9.17, 15) is 14.7 Å². The maximum absolute atomic E-state index is 11.4. The minimum Gasteiger partial charge on any atom is -0.481 e. The molecule has 0 spiro atoms. The van der Waals surface area contributed by atoms with Crippen molar-refractivity contribution in [3.63, 3.8) is 0 Å². The smallest absolute Gasteiger partial charge is 0.321 e. The molecule has 0 saturated carbocycles. The van der Waals surface area contributed by atoms with Crippen LogP contribution in [0.2, 0.25) is 0 Å². The summed E-state index contributed by atoms with van der Waals surface area (Å²) < 4.78 is 0. The Morgan fingerprint density at radius 1 is 1.00 bits per heavy atom. The van der Waals surface area contributed by atoms with Crippen LogP contribution in [0.5, 0.6) is 0 Å². The van der Waals surface area contributed by atoms with Crippen LogP contribution in [0.25, 0.3) is 16.7 Å². The van der Waals surface area contributed by atoms with Crippen LogP contribution in [0, 0.1) is 11.8 Å². The maximum Gasteiger partial charge on any atom is 0.321 e. The lowest BCUT2D eigenvalue weighted by Crippen LogP contribution is -2.36. The molecule has 0 radical (unpaired) electrons. The van der Waals surface area contributed by atoms with Crippen molar-refractivity contribution in [2.24, 2.45) is 11.8 Å². The first kappa shape index (κ1) is 17.9. The zero-order valence-corrected chi connectivity index (χ0v) is 14.3. The van der Waals surface area contributed by atoms with E-state index in [2.05, 4.69) is 11.9 Å². The molecule has 134 valence electrons. The van der Waals surface area contributed by atoms with Gasteiger partial charge in [-0.25, -0.2) is 0 Å². The quantitative estimate of drug-likeness (QED) is 0.744. The molecule has 0 unspecified atom stereocenters. The summed E-state index contributed by atoms with van der Waals surface area (Å²) in [5, 5.41) is 21.4. The molecule has 2 aromatic rings. The number of carbonyl (C=O) groups is 2. The highest BCUT2D eigenvalue weighted by Gasteiger charge is 2.42. The van der Waals surface area contributed by atoms with Crippen LogP contribution in [0.15, 0.2) is 61.2 Å². The van der Waals surface area contributed by atoms with Crippen LogP contribution >= 0.6 is 0 Å². The first-order chi connectivity index (χ1) is 12.5. The van der Waals surface area contributed by atoms with Crippen LogP contribution < -0.4 is 5.32 Å². The monoisotopic (exact) mass is 351 g/mol. The van der Waals surface area contributed by atoms with Crippen LogP contribution in [0.1, 0.15) is 12.0 Å². The van der Waals surface area contributed by atoms with E-state index in [0.717, 1.165) is 22.3 Å². The molecule has 5 nitrogen and oxygen atoms in total. The summed E-state index contributed by atoms with van der Waals surface area (Å²) in [6, 6.07) is 17.0. The van der Waals surface area contributed by atoms with Crippen LogP contribution in [0.4, 0.5) is 0 Å². The molecule has 3 atom stereocenters. The van der Waals surface area contributed by atoms with Gasteiger partial charge in [0.05, 0.1) is 6.42 Å². The highest BCUT2D eigenvalue weighted by atomic mass is 16.4. The zero-order chi connectivity index (χ0) is 18.7. The molecule has 1 aliphatic rings. The standard InChI is InChI=1S/C21H21NO4/c1-13(18-12-22-20(21(25)26)17(18)11-19(23)24)14-7-9-16(10-8-14)15-5-3-2-4-6-15/h2-10,17-18,20,22H,1,11-12H2,(H,23,24)(H,25,26)/t17-,18+,20-/m1/s1. The third-order valence-electron chi connectivity index (χ3n) is 4.99. The predicted octanol–water partition coefficient (Wildman–Crippen LogP) is 3.13. The molecule has 1 saturated heterocycles. The van der Waals surface area contributed by atoms with E-state index in [1.807, 2.05) is 54.6 Å². The van der Waals surface area contributed by atoms with Crippen molar-refractivity contribution in [1.29, 1.82) is 0 Å². The van der Waals surface area contributed by atoms with Gasteiger partial charge in [0.1, 0.15) is 6.04 Å². The van der Waals surface area contributed by atoms with Crippen LogP contribution in [-0.2, 0) is 9.59 Å². The molecule has 1 fully saturated rings. The van der Waals surface area contributed by atoms with Gasteiger partial charge in [0.25, 0.3) is 0 Å². The first-order valence-electron chi connectivity index (χ1n) is 8.50. The van der Waals surface area contributed by atoms with E-state index in [1.54, 1.807) is 0 Å². The van der Waals surface area contributed by atoms with E-state index < -0.39 is 23.9 Å². The molecular formula is C21H21NO4. The summed E-state index contributed by atoms with van der Waals surface area (Å²) in [5.41, 5.74) is 3.86. The molecule has 0 bridgehead atoms. The normalized spacial score (nSPS) is 22.1. The van der Waals surface area contributed by atoms with Crippen molar-refractivity contribution in [2.45, 2.75) is 12.5 Å². The van der Waals surface area contributed by atoms with E-state index in [-0.39, 0.29) is 12.3 Å². The van der Waals surface area contributed by atoms with Gasteiger partial charge in [-0.1, -0.05) is 61.2 Å². The number of hydrogen-bond donors (Lipinski definition) is 3. The molecule has 1 heterocycles. The number of benzene rings is 2. The summed E-state index contributed by atoms with van der Waals surface area (Å²) in [4.78, 5) is 22.6. The number of rotatable bonds is 6.